The van der Waals surface area contributed by atoms with Crippen LogP contribution in [0.5, 0.6) is 11.5 Å². The van der Waals surface area contributed by atoms with E-state index in [2.05, 4.69) is 4.90 Å². The Kier molecular flexibility index (Phi) is 4.01. The number of ether oxygens (including phenoxy) is 3. The molecule has 5 nitrogen and oxygen atoms in total. The van der Waals surface area contributed by atoms with Crippen LogP contribution in [0.4, 0.5) is 0 Å². The van der Waals surface area contributed by atoms with Gasteiger partial charge in [0.1, 0.15) is 11.7 Å². The molecule has 1 atom stereocenters. The van der Waals surface area contributed by atoms with E-state index in [0.717, 1.165) is 32.5 Å². The molecule has 1 aromatic rings. The van der Waals surface area contributed by atoms with Gasteiger partial charge >= 0.3 is 5.97 Å². The first-order valence-electron chi connectivity index (χ1n) is 7.37. The van der Waals surface area contributed by atoms with Crippen LogP contribution in [-0.4, -0.2) is 50.8 Å². The summed E-state index contributed by atoms with van der Waals surface area (Å²) in [5, 5.41) is 0. The number of carbonyl (C=O) groups is 1. The Morgan fingerprint density at radius 2 is 2.00 bits per heavy atom. The Hall–Kier alpha value is -1.75. The van der Waals surface area contributed by atoms with Gasteiger partial charge in [0.05, 0.1) is 14.2 Å². The van der Waals surface area contributed by atoms with Crippen molar-refractivity contribution in [2.45, 2.75) is 18.9 Å². The highest BCUT2D eigenvalue weighted by Gasteiger charge is 2.36. The van der Waals surface area contributed by atoms with E-state index in [9.17, 15) is 4.79 Å². The van der Waals surface area contributed by atoms with E-state index in [4.69, 9.17) is 14.2 Å². The van der Waals surface area contributed by atoms with Crippen LogP contribution in [0.15, 0.2) is 18.2 Å². The highest BCUT2D eigenvalue weighted by molar-refractivity contribution is 5.93. The number of methoxy groups -OCH3 is 2. The largest absolute Gasteiger partial charge is 0.493 e. The number of piperidine rings is 3. The van der Waals surface area contributed by atoms with Gasteiger partial charge in [0.15, 0.2) is 11.5 Å². The van der Waals surface area contributed by atoms with Crippen molar-refractivity contribution in [1.82, 2.24) is 4.90 Å². The molecule has 0 amide bonds. The number of carbonyl (C=O) groups excluding carboxylic acids is 1. The average molecular weight is 291 g/mol. The Morgan fingerprint density at radius 3 is 2.57 bits per heavy atom. The minimum absolute atomic E-state index is 0.118. The van der Waals surface area contributed by atoms with E-state index >= 15 is 0 Å². The highest BCUT2D eigenvalue weighted by Crippen LogP contribution is 2.37. The number of fused-ring (bicyclic) bond motifs is 3. The molecule has 0 aliphatic carbocycles. The number of esters is 1. The minimum Gasteiger partial charge on any atom is -0.493 e. The molecule has 5 heteroatoms. The zero-order valence-electron chi connectivity index (χ0n) is 12.5. The van der Waals surface area contributed by atoms with E-state index in [1.165, 1.54) is 7.11 Å². The van der Waals surface area contributed by atoms with E-state index in [1.807, 2.05) is 6.07 Å². The molecule has 114 valence electrons. The third kappa shape index (κ3) is 2.70. The van der Waals surface area contributed by atoms with Crippen molar-refractivity contribution in [3.05, 3.63) is 23.8 Å². The molecule has 2 bridgehead atoms. The van der Waals surface area contributed by atoms with Gasteiger partial charge in [-0.05, 0) is 44.0 Å². The molecule has 1 unspecified atom stereocenters. The molecule has 3 fully saturated rings. The molecule has 3 heterocycles. The van der Waals surface area contributed by atoms with Crippen LogP contribution < -0.4 is 9.47 Å². The predicted octanol–water partition coefficient (Wildman–Crippen LogP) is 1.95. The summed E-state index contributed by atoms with van der Waals surface area (Å²) in [5.74, 6) is 1.25. The van der Waals surface area contributed by atoms with Crippen LogP contribution in [0.2, 0.25) is 0 Å². The summed E-state index contributed by atoms with van der Waals surface area (Å²) in [6.07, 6.45) is 2.44. The second kappa shape index (κ2) is 5.93. The third-order valence-electron chi connectivity index (χ3n) is 4.47. The number of benzene rings is 1. The maximum Gasteiger partial charge on any atom is 0.341 e. The lowest BCUT2D eigenvalue weighted by Crippen LogP contribution is -2.52. The number of hydrogen-bond donors (Lipinski definition) is 0. The first-order valence-corrected chi connectivity index (χ1v) is 7.37. The lowest BCUT2D eigenvalue weighted by Gasteiger charge is -2.44. The quantitative estimate of drug-likeness (QED) is 0.794. The van der Waals surface area contributed by atoms with Gasteiger partial charge in [-0.3, -0.25) is 4.90 Å². The summed E-state index contributed by atoms with van der Waals surface area (Å²) in [5.41, 5.74) is 0.424. The van der Waals surface area contributed by atoms with Crippen molar-refractivity contribution in [3.8, 4) is 11.5 Å². The molecule has 0 N–H and O–H groups in total. The molecule has 0 radical (unpaired) electrons. The molecule has 3 aliphatic rings. The summed E-state index contributed by atoms with van der Waals surface area (Å²) < 4.78 is 16.4. The summed E-state index contributed by atoms with van der Waals surface area (Å²) >= 11 is 0. The summed E-state index contributed by atoms with van der Waals surface area (Å²) in [7, 11) is 2.96. The van der Waals surface area contributed by atoms with Crippen LogP contribution in [0, 0.1) is 5.92 Å². The molecule has 3 aliphatic heterocycles. The zero-order valence-corrected chi connectivity index (χ0v) is 12.5. The first-order chi connectivity index (χ1) is 10.2. The Balaban J connectivity index is 1.88. The molecule has 21 heavy (non-hydrogen) atoms. The maximum absolute atomic E-state index is 11.9. The number of para-hydroxylation sites is 1. The van der Waals surface area contributed by atoms with Gasteiger partial charge in [0.2, 0.25) is 0 Å². The summed E-state index contributed by atoms with van der Waals surface area (Å²) in [6, 6.07) is 5.29. The van der Waals surface area contributed by atoms with Crippen LogP contribution in [0.3, 0.4) is 0 Å². The van der Waals surface area contributed by atoms with Gasteiger partial charge in [-0.1, -0.05) is 6.07 Å². The van der Waals surface area contributed by atoms with Crippen molar-refractivity contribution in [3.63, 3.8) is 0 Å². The molecular weight excluding hydrogens is 270 g/mol. The second-order valence-corrected chi connectivity index (χ2v) is 5.62. The summed E-state index contributed by atoms with van der Waals surface area (Å²) in [6.45, 7) is 3.23. The van der Waals surface area contributed by atoms with Crippen molar-refractivity contribution < 1.29 is 19.0 Å². The van der Waals surface area contributed by atoms with Crippen molar-refractivity contribution >= 4 is 5.97 Å². The van der Waals surface area contributed by atoms with Gasteiger partial charge in [-0.15, -0.1) is 0 Å². The third-order valence-corrected chi connectivity index (χ3v) is 4.47. The SMILES string of the molecule is COC(=O)c1cccc(OC)c1OC1CN2CCC1CC2. The van der Waals surface area contributed by atoms with E-state index in [0.29, 0.717) is 23.0 Å². The average Bonchev–Trinajstić information content (AvgIpc) is 2.55. The predicted molar refractivity (Wildman–Crippen MR) is 77.9 cm³/mol. The first kappa shape index (κ1) is 14.2. The monoisotopic (exact) mass is 291 g/mol. The van der Waals surface area contributed by atoms with Crippen LogP contribution in [0.1, 0.15) is 23.2 Å². The molecule has 4 rings (SSSR count). The van der Waals surface area contributed by atoms with Crippen LogP contribution >= 0.6 is 0 Å². The van der Waals surface area contributed by atoms with Gasteiger partial charge < -0.3 is 14.2 Å². The topological polar surface area (TPSA) is 48.0 Å². The fraction of sp³-hybridized carbons (Fsp3) is 0.562. The van der Waals surface area contributed by atoms with E-state index in [1.54, 1.807) is 19.2 Å². The summed E-state index contributed by atoms with van der Waals surface area (Å²) in [4.78, 5) is 14.4. The molecule has 0 aromatic heterocycles. The Bertz CT molecular complexity index is 523. The van der Waals surface area contributed by atoms with Crippen LogP contribution in [-0.2, 0) is 4.74 Å². The van der Waals surface area contributed by atoms with Gasteiger partial charge in [0, 0.05) is 6.54 Å². The van der Waals surface area contributed by atoms with E-state index in [-0.39, 0.29) is 6.10 Å². The molecule has 1 aromatic carbocycles. The fourth-order valence-corrected chi connectivity index (χ4v) is 3.26. The highest BCUT2D eigenvalue weighted by atomic mass is 16.5. The molecule has 0 spiro atoms. The maximum atomic E-state index is 11.9. The van der Waals surface area contributed by atoms with Gasteiger partial charge in [-0.25, -0.2) is 4.79 Å². The molecule has 3 saturated heterocycles. The Morgan fingerprint density at radius 1 is 1.24 bits per heavy atom. The zero-order chi connectivity index (χ0) is 14.8. The molecule has 0 saturated carbocycles. The lowest BCUT2D eigenvalue weighted by molar-refractivity contribution is -0.00954. The normalized spacial score (nSPS) is 27.2. The molecular formula is C16H21NO4. The van der Waals surface area contributed by atoms with E-state index < -0.39 is 5.97 Å². The van der Waals surface area contributed by atoms with Crippen LogP contribution in [0.25, 0.3) is 0 Å². The number of rotatable bonds is 4. The van der Waals surface area contributed by atoms with Gasteiger partial charge in [0.25, 0.3) is 0 Å². The lowest BCUT2D eigenvalue weighted by atomic mass is 9.86. The van der Waals surface area contributed by atoms with Crippen molar-refractivity contribution in [2.24, 2.45) is 5.92 Å². The standard InChI is InChI=1S/C16H21NO4/c1-19-13-5-3-4-12(16(18)20-2)15(13)21-14-10-17-8-6-11(14)7-9-17/h3-5,11,14H,6-10H2,1-2H3. The second-order valence-electron chi connectivity index (χ2n) is 5.62. The Labute approximate surface area is 124 Å². The minimum atomic E-state index is -0.398. The van der Waals surface area contributed by atoms with Crippen molar-refractivity contribution in [2.75, 3.05) is 33.9 Å². The fourth-order valence-electron chi connectivity index (χ4n) is 3.26. The van der Waals surface area contributed by atoms with Crippen molar-refractivity contribution in [1.29, 1.82) is 0 Å². The van der Waals surface area contributed by atoms with Gasteiger partial charge in [-0.2, -0.15) is 0 Å². The smallest absolute Gasteiger partial charge is 0.341 e. The number of hydrogen-bond acceptors (Lipinski definition) is 5. The number of nitrogens with zero attached hydrogens (tertiary/aromatic N) is 1.